The number of benzene rings is 1. The molecule has 7 N–H and O–H groups in total. The minimum absolute atomic E-state index is 0.144. The normalized spacial score (nSPS) is 13.1. The molecule has 2 aromatic rings. The zero-order valence-corrected chi connectivity index (χ0v) is 19.3. The van der Waals surface area contributed by atoms with Crippen molar-refractivity contribution in [2.75, 3.05) is 26.0 Å². The number of para-hydroxylation sites is 1. The summed E-state index contributed by atoms with van der Waals surface area (Å²) in [6.45, 7) is 7.37. The number of aromatic hydroxyl groups is 1. The first-order valence-corrected chi connectivity index (χ1v) is 11.1. The summed E-state index contributed by atoms with van der Waals surface area (Å²) in [5.41, 5.74) is 15.2. The van der Waals surface area contributed by atoms with Gasteiger partial charge in [0.1, 0.15) is 11.6 Å². The van der Waals surface area contributed by atoms with Crippen LogP contribution >= 0.6 is 0 Å². The number of rotatable bonds is 6. The molecule has 3 rings (SSSR count). The first-order chi connectivity index (χ1) is 15.4. The van der Waals surface area contributed by atoms with Crippen molar-refractivity contribution in [2.45, 2.75) is 45.4 Å². The maximum Gasteiger partial charge on any atom is 0.243 e. The first kappa shape index (κ1) is 26.8. The van der Waals surface area contributed by atoms with Gasteiger partial charge in [0.25, 0.3) is 0 Å². The molecule has 7 heteroatoms. The number of hydrogen-bond acceptors (Lipinski definition) is 5. The molecule has 1 aromatic carbocycles. The highest BCUT2D eigenvalue weighted by molar-refractivity contribution is 5.86. The summed E-state index contributed by atoms with van der Waals surface area (Å²) >= 11 is 0. The van der Waals surface area contributed by atoms with Crippen LogP contribution in [0.4, 0.5) is 5.82 Å². The molecular weight excluding hydrogens is 404 g/mol. The lowest BCUT2D eigenvalue weighted by Crippen LogP contribution is -2.13. The van der Waals surface area contributed by atoms with Crippen LogP contribution in [0.2, 0.25) is 0 Å². The third kappa shape index (κ3) is 9.75. The number of likely N-dealkylation sites (N-methyl/N-ethyl adjacent to an activating group) is 1. The van der Waals surface area contributed by atoms with Gasteiger partial charge in [0.05, 0.1) is 0 Å². The fourth-order valence-corrected chi connectivity index (χ4v) is 2.98. The van der Waals surface area contributed by atoms with Crippen LogP contribution in [-0.4, -0.2) is 36.3 Å². The molecule has 0 aliphatic carbocycles. The highest BCUT2D eigenvalue weighted by Gasteiger charge is 2.09. The van der Waals surface area contributed by atoms with E-state index in [1.54, 1.807) is 25.2 Å². The van der Waals surface area contributed by atoms with Gasteiger partial charge in [-0.05, 0) is 62.0 Å². The van der Waals surface area contributed by atoms with E-state index in [0.717, 1.165) is 43.6 Å². The number of nitrogen functional groups attached to an aromatic ring is 1. The summed E-state index contributed by atoms with van der Waals surface area (Å²) in [5.74, 6) is 0.634. The standard InChI is InChI=1S/C16H21N3O.C5H10O.C4H7NO/c1-2-3-6-11-10-19-16(18)13(11)9-14(17)12-7-4-5-8-15(12)20;1-2-4-6-5-3-1;1-3-4(6)5-2/h4-5,7-10,19-20H,2-3,6,17-18H2,1H3;1-5H2;3H,1H2,2H3,(H,5,6)/b14-9-;;. The minimum Gasteiger partial charge on any atom is -0.507 e. The molecular formula is C25H38N4O3. The number of carbonyl (C=O) groups excluding carboxylic acids is 1. The van der Waals surface area contributed by atoms with E-state index in [2.05, 4.69) is 23.8 Å². The van der Waals surface area contributed by atoms with E-state index >= 15 is 0 Å². The van der Waals surface area contributed by atoms with Crippen LogP contribution in [0.5, 0.6) is 5.75 Å². The lowest BCUT2D eigenvalue weighted by molar-refractivity contribution is -0.116. The van der Waals surface area contributed by atoms with Gasteiger partial charge in [-0.25, -0.2) is 0 Å². The number of anilines is 1. The molecule has 1 amide bonds. The van der Waals surface area contributed by atoms with Crippen molar-refractivity contribution < 1.29 is 14.6 Å². The SMILES string of the molecule is C1CCOCC1.C=CC(=O)NC.CCCCc1c[nH]c(N)c1/C=C(\N)c1ccccc1O. The number of aromatic amines is 1. The van der Waals surface area contributed by atoms with Gasteiger partial charge in [-0.1, -0.05) is 32.1 Å². The molecule has 1 aliphatic rings. The summed E-state index contributed by atoms with van der Waals surface area (Å²) in [5, 5.41) is 12.2. The second-order valence-corrected chi connectivity index (χ2v) is 7.35. The lowest BCUT2D eigenvalue weighted by atomic mass is 10.0. The van der Waals surface area contributed by atoms with Crippen LogP contribution in [-0.2, 0) is 16.0 Å². The molecule has 176 valence electrons. The molecule has 1 aromatic heterocycles. The number of phenolic OH excluding ortho intramolecular Hbond substituents is 1. The summed E-state index contributed by atoms with van der Waals surface area (Å²) in [6.07, 6.45) is 12.1. The lowest BCUT2D eigenvalue weighted by Gasteiger charge is -2.08. The monoisotopic (exact) mass is 442 g/mol. The second kappa shape index (κ2) is 15.6. The van der Waals surface area contributed by atoms with Gasteiger partial charge in [0.2, 0.25) is 5.91 Å². The molecule has 0 unspecified atom stereocenters. The van der Waals surface area contributed by atoms with Crippen molar-refractivity contribution in [2.24, 2.45) is 5.73 Å². The van der Waals surface area contributed by atoms with Gasteiger partial charge in [-0.2, -0.15) is 0 Å². The molecule has 1 aliphatic heterocycles. The average Bonchev–Trinajstić information content (AvgIpc) is 3.18. The van der Waals surface area contributed by atoms with Gasteiger partial charge in [0.15, 0.2) is 0 Å². The average molecular weight is 443 g/mol. The zero-order chi connectivity index (χ0) is 23.8. The summed E-state index contributed by atoms with van der Waals surface area (Å²) in [4.78, 5) is 13.0. The van der Waals surface area contributed by atoms with E-state index in [1.165, 1.54) is 25.3 Å². The number of nitrogens with two attached hydrogens (primary N) is 2. The Morgan fingerprint density at radius 2 is 1.97 bits per heavy atom. The van der Waals surface area contributed by atoms with Gasteiger partial charge < -0.3 is 31.6 Å². The Morgan fingerprint density at radius 1 is 1.28 bits per heavy atom. The van der Waals surface area contributed by atoms with Crippen LogP contribution in [0.3, 0.4) is 0 Å². The molecule has 1 saturated heterocycles. The van der Waals surface area contributed by atoms with E-state index in [4.69, 9.17) is 16.2 Å². The summed E-state index contributed by atoms with van der Waals surface area (Å²) < 4.78 is 5.07. The predicted molar refractivity (Wildman–Crippen MR) is 133 cm³/mol. The largest absolute Gasteiger partial charge is 0.507 e. The van der Waals surface area contributed by atoms with Gasteiger partial charge in [0, 0.05) is 43.3 Å². The van der Waals surface area contributed by atoms with Crippen molar-refractivity contribution in [3.63, 3.8) is 0 Å². The molecule has 32 heavy (non-hydrogen) atoms. The third-order valence-corrected chi connectivity index (χ3v) is 4.86. The number of ether oxygens (including phenoxy) is 1. The molecule has 0 radical (unpaired) electrons. The summed E-state index contributed by atoms with van der Waals surface area (Å²) in [7, 11) is 1.56. The van der Waals surface area contributed by atoms with E-state index in [1.807, 2.05) is 18.3 Å². The highest BCUT2D eigenvalue weighted by atomic mass is 16.5. The smallest absolute Gasteiger partial charge is 0.243 e. The molecule has 0 bridgehead atoms. The number of aryl methyl sites for hydroxylation is 1. The van der Waals surface area contributed by atoms with Crippen LogP contribution < -0.4 is 16.8 Å². The topological polar surface area (TPSA) is 126 Å². The van der Waals surface area contributed by atoms with Gasteiger partial charge in [-0.3, -0.25) is 4.79 Å². The van der Waals surface area contributed by atoms with Crippen molar-refractivity contribution in [3.8, 4) is 5.75 Å². The molecule has 0 atom stereocenters. The van der Waals surface area contributed by atoms with E-state index < -0.39 is 0 Å². The zero-order valence-electron chi connectivity index (χ0n) is 19.3. The van der Waals surface area contributed by atoms with E-state index in [-0.39, 0.29) is 11.7 Å². The molecule has 0 spiro atoms. The Hall–Kier alpha value is -3.19. The molecule has 2 heterocycles. The predicted octanol–water partition coefficient (Wildman–Crippen LogP) is 4.21. The van der Waals surface area contributed by atoms with E-state index in [0.29, 0.717) is 17.1 Å². The summed E-state index contributed by atoms with van der Waals surface area (Å²) in [6, 6.07) is 7.02. The van der Waals surface area contributed by atoms with Crippen LogP contribution in [0, 0.1) is 0 Å². The maximum atomic E-state index is 9.95. The Kier molecular flexibility index (Phi) is 13.1. The number of amides is 1. The van der Waals surface area contributed by atoms with Gasteiger partial charge >= 0.3 is 0 Å². The number of H-pyrrole nitrogens is 1. The number of nitrogens with one attached hydrogen (secondary N) is 2. The van der Waals surface area contributed by atoms with Crippen LogP contribution in [0.15, 0.2) is 43.1 Å². The number of unbranched alkanes of at least 4 members (excludes halogenated alkanes) is 1. The van der Waals surface area contributed by atoms with Crippen molar-refractivity contribution in [1.29, 1.82) is 0 Å². The van der Waals surface area contributed by atoms with Crippen LogP contribution in [0.1, 0.15) is 55.7 Å². The van der Waals surface area contributed by atoms with Crippen molar-refractivity contribution >= 4 is 23.5 Å². The number of phenols is 1. The van der Waals surface area contributed by atoms with Crippen molar-refractivity contribution in [3.05, 3.63) is 59.8 Å². The second-order valence-electron chi connectivity index (χ2n) is 7.35. The molecule has 7 nitrogen and oxygen atoms in total. The molecule has 0 saturated carbocycles. The number of aromatic nitrogens is 1. The third-order valence-electron chi connectivity index (χ3n) is 4.86. The Balaban J connectivity index is 0.000000348. The number of carbonyl (C=O) groups is 1. The Labute approximate surface area is 191 Å². The van der Waals surface area contributed by atoms with Crippen molar-refractivity contribution in [1.82, 2.24) is 10.3 Å². The fraction of sp³-hybridized carbons (Fsp3) is 0.400. The van der Waals surface area contributed by atoms with Crippen LogP contribution in [0.25, 0.3) is 11.8 Å². The van der Waals surface area contributed by atoms with Gasteiger partial charge in [-0.15, -0.1) is 0 Å². The minimum atomic E-state index is -0.144. The molecule has 1 fully saturated rings. The highest BCUT2D eigenvalue weighted by Crippen LogP contribution is 2.26. The fourth-order valence-electron chi connectivity index (χ4n) is 2.98. The first-order valence-electron chi connectivity index (χ1n) is 11.1. The number of hydrogen-bond donors (Lipinski definition) is 5. The van der Waals surface area contributed by atoms with E-state index in [9.17, 15) is 9.90 Å². The quantitative estimate of drug-likeness (QED) is 0.428. The Bertz CT molecular complexity index is 843. The maximum absolute atomic E-state index is 9.95. The Morgan fingerprint density at radius 3 is 2.44 bits per heavy atom.